The van der Waals surface area contributed by atoms with Crippen molar-refractivity contribution in [2.24, 2.45) is 16.6 Å². The van der Waals surface area contributed by atoms with Crippen molar-refractivity contribution in [1.29, 1.82) is 0 Å². The standard InChI is InChI=1S/C16H24N6O.HI/c17-14(23)12-4-9-22(10-5-12)15-13(3-1-6-18-15)11-21-16-19-7-2-8-20-16;/h1,3,6,12H,2,4-5,7-11H2,(H2,17,23)(H2,19,20,21);1H. The van der Waals surface area contributed by atoms with Crippen molar-refractivity contribution in [2.45, 2.75) is 25.8 Å². The lowest BCUT2D eigenvalue weighted by Crippen LogP contribution is -2.41. The number of piperidine rings is 1. The molecule has 1 fully saturated rings. The molecule has 0 spiro atoms. The van der Waals surface area contributed by atoms with Gasteiger partial charge in [0.05, 0.1) is 0 Å². The summed E-state index contributed by atoms with van der Waals surface area (Å²) in [5, 5.41) is 6.60. The van der Waals surface area contributed by atoms with Crippen LogP contribution in [0.15, 0.2) is 23.3 Å². The Morgan fingerprint density at radius 1 is 1.42 bits per heavy atom. The summed E-state index contributed by atoms with van der Waals surface area (Å²) in [7, 11) is 0. The molecular weight excluding hydrogens is 419 g/mol. The molecule has 24 heavy (non-hydrogen) atoms. The number of anilines is 1. The fourth-order valence-corrected chi connectivity index (χ4v) is 3.06. The molecule has 0 unspecified atom stereocenters. The van der Waals surface area contributed by atoms with E-state index in [2.05, 4.69) is 31.6 Å². The maximum absolute atomic E-state index is 11.3. The summed E-state index contributed by atoms with van der Waals surface area (Å²) in [6.45, 7) is 4.15. The predicted molar refractivity (Wildman–Crippen MR) is 106 cm³/mol. The van der Waals surface area contributed by atoms with Gasteiger partial charge in [0.2, 0.25) is 5.91 Å². The Morgan fingerprint density at radius 3 is 2.88 bits per heavy atom. The third-order valence-electron chi connectivity index (χ3n) is 4.41. The molecule has 0 aliphatic carbocycles. The molecule has 3 heterocycles. The minimum Gasteiger partial charge on any atom is -0.369 e. The number of halogens is 1. The zero-order chi connectivity index (χ0) is 16.1. The molecule has 7 nitrogen and oxygen atoms in total. The smallest absolute Gasteiger partial charge is 0.220 e. The van der Waals surface area contributed by atoms with Gasteiger partial charge in [0.15, 0.2) is 5.96 Å². The fourth-order valence-electron chi connectivity index (χ4n) is 3.06. The number of hydrogen-bond donors (Lipinski definition) is 3. The van der Waals surface area contributed by atoms with E-state index in [0.29, 0.717) is 6.54 Å². The Morgan fingerprint density at radius 2 is 2.21 bits per heavy atom. The summed E-state index contributed by atoms with van der Waals surface area (Å²) in [4.78, 5) is 22.5. The highest BCUT2D eigenvalue weighted by Crippen LogP contribution is 2.24. The average molecular weight is 444 g/mol. The van der Waals surface area contributed by atoms with Gasteiger partial charge in [-0.25, -0.2) is 4.98 Å². The number of nitrogens with one attached hydrogen (secondary N) is 2. The quantitative estimate of drug-likeness (QED) is 0.599. The number of amides is 1. The van der Waals surface area contributed by atoms with Crippen LogP contribution in [0, 0.1) is 5.92 Å². The first-order valence-electron chi connectivity index (χ1n) is 8.24. The first-order valence-corrected chi connectivity index (χ1v) is 8.24. The molecule has 0 atom stereocenters. The van der Waals surface area contributed by atoms with E-state index in [1.807, 2.05) is 12.3 Å². The van der Waals surface area contributed by atoms with Crippen molar-refractivity contribution in [3.05, 3.63) is 23.9 Å². The van der Waals surface area contributed by atoms with E-state index in [0.717, 1.165) is 62.8 Å². The highest BCUT2D eigenvalue weighted by atomic mass is 127. The summed E-state index contributed by atoms with van der Waals surface area (Å²) in [6, 6.07) is 4.03. The van der Waals surface area contributed by atoms with Crippen molar-refractivity contribution in [2.75, 3.05) is 31.1 Å². The molecule has 1 aromatic heterocycles. The monoisotopic (exact) mass is 444 g/mol. The lowest BCUT2D eigenvalue weighted by atomic mass is 9.96. The van der Waals surface area contributed by atoms with Crippen LogP contribution in [0.25, 0.3) is 0 Å². The minimum absolute atomic E-state index is 0. The van der Waals surface area contributed by atoms with Gasteiger partial charge in [0.1, 0.15) is 5.82 Å². The molecule has 0 bridgehead atoms. The molecular formula is C16H25IN6O. The van der Waals surface area contributed by atoms with Crippen molar-refractivity contribution in [3.63, 3.8) is 0 Å². The van der Waals surface area contributed by atoms with E-state index >= 15 is 0 Å². The van der Waals surface area contributed by atoms with E-state index < -0.39 is 0 Å². The minimum atomic E-state index is -0.186. The van der Waals surface area contributed by atoms with Gasteiger partial charge in [-0.1, -0.05) is 6.07 Å². The molecule has 1 saturated heterocycles. The number of aliphatic imine (C=N–C) groups is 1. The summed E-state index contributed by atoms with van der Waals surface area (Å²) < 4.78 is 0. The van der Waals surface area contributed by atoms with Crippen LogP contribution in [-0.2, 0) is 11.3 Å². The summed E-state index contributed by atoms with van der Waals surface area (Å²) in [5.74, 6) is 1.66. The molecule has 132 valence electrons. The van der Waals surface area contributed by atoms with Crippen molar-refractivity contribution < 1.29 is 4.79 Å². The number of primary amides is 1. The molecule has 2 aliphatic heterocycles. The number of aromatic nitrogens is 1. The molecule has 0 aromatic carbocycles. The van der Waals surface area contributed by atoms with Gasteiger partial charge in [-0.2, -0.15) is 0 Å². The van der Waals surface area contributed by atoms with Gasteiger partial charge in [0, 0.05) is 50.4 Å². The SMILES string of the molecule is I.NC(=O)C1CCN(c2ncccc2CNC2=NCCCN2)CC1. The molecule has 4 N–H and O–H groups in total. The highest BCUT2D eigenvalue weighted by Gasteiger charge is 2.24. The lowest BCUT2D eigenvalue weighted by molar-refractivity contribution is -0.122. The summed E-state index contributed by atoms with van der Waals surface area (Å²) >= 11 is 0. The Bertz CT molecular complexity index is 586. The number of guanidine groups is 1. The van der Waals surface area contributed by atoms with Gasteiger partial charge in [-0.15, -0.1) is 24.0 Å². The van der Waals surface area contributed by atoms with Crippen molar-refractivity contribution >= 4 is 41.7 Å². The van der Waals surface area contributed by atoms with Gasteiger partial charge in [-0.05, 0) is 25.3 Å². The number of hydrogen-bond acceptors (Lipinski definition) is 6. The van der Waals surface area contributed by atoms with E-state index in [4.69, 9.17) is 5.73 Å². The van der Waals surface area contributed by atoms with Crippen LogP contribution in [0.2, 0.25) is 0 Å². The molecule has 2 aliphatic rings. The van der Waals surface area contributed by atoms with Crippen LogP contribution < -0.4 is 21.3 Å². The third-order valence-corrected chi connectivity index (χ3v) is 4.41. The molecule has 0 radical (unpaired) electrons. The lowest BCUT2D eigenvalue weighted by Gasteiger charge is -2.32. The number of nitrogens with two attached hydrogens (primary N) is 1. The van der Waals surface area contributed by atoms with Crippen LogP contribution in [0.4, 0.5) is 5.82 Å². The van der Waals surface area contributed by atoms with Gasteiger partial charge >= 0.3 is 0 Å². The van der Waals surface area contributed by atoms with Crippen LogP contribution in [-0.4, -0.2) is 43.0 Å². The fraction of sp³-hybridized carbons (Fsp3) is 0.562. The Hall–Kier alpha value is -1.58. The number of carbonyl (C=O) groups excluding carboxylic acids is 1. The largest absolute Gasteiger partial charge is 0.369 e. The topological polar surface area (TPSA) is 95.6 Å². The van der Waals surface area contributed by atoms with E-state index in [1.165, 1.54) is 0 Å². The molecule has 0 saturated carbocycles. The first-order chi connectivity index (χ1) is 11.2. The van der Waals surface area contributed by atoms with E-state index in [9.17, 15) is 4.79 Å². The van der Waals surface area contributed by atoms with Gasteiger partial charge < -0.3 is 21.3 Å². The molecule has 8 heteroatoms. The van der Waals surface area contributed by atoms with Crippen LogP contribution in [0.1, 0.15) is 24.8 Å². The zero-order valence-corrected chi connectivity index (χ0v) is 16.0. The third kappa shape index (κ3) is 4.71. The van der Waals surface area contributed by atoms with Crippen molar-refractivity contribution in [3.8, 4) is 0 Å². The number of nitrogens with zero attached hydrogens (tertiary/aromatic N) is 3. The van der Waals surface area contributed by atoms with Gasteiger partial charge in [0.25, 0.3) is 0 Å². The molecule has 1 amide bonds. The second-order valence-electron chi connectivity index (χ2n) is 6.01. The average Bonchev–Trinajstić information content (AvgIpc) is 2.61. The molecule has 3 rings (SSSR count). The maximum atomic E-state index is 11.3. The summed E-state index contributed by atoms with van der Waals surface area (Å²) in [5.41, 5.74) is 6.55. The van der Waals surface area contributed by atoms with E-state index in [-0.39, 0.29) is 35.8 Å². The summed E-state index contributed by atoms with van der Waals surface area (Å²) in [6.07, 6.45) is 4.49. The first kappa shape index (κ1) is 18.8. The van der Waals surface area contributed by atoms with E-state index in [1.54, 1.807) is 0 Å². The Kier molecular flexibility index (Phi) is 7.07. The second-order valence-corrected chi connectivity index (χ2v) is 6.01. The van der Waals surface area contributed by atoms with Crippen molar-refractivity contribution in [1.82, 2.24) is 15.6 Å². The maximum Gasteiger partial charge on any atom is 0.220 e. The second kappa shape index (κ2) is 9.05. The zero-order valence-electron chi connectivity index (χ0n) is 13.7. The molecule has 1 aromatic rings. The van der Waals surface area contributed by atoms with Crippen LogP contribution >= 0.6 is 24.0 Å². The highest BCUT2D eigenvalue weighted by molar-refractivity contribution is 14.0. The number of carbonyl (C=O) groups is 1. The van der Waals surface area contributed by atoms with Crippen LogP contribution in [0.3, 0.4) is 0 Å². The Labute approximate surface area is 159 Å². The Balaban J connectivity index is 0.00000208. The van der Waals surface area contributed by atoms with Gasteiger partial charge in [-0.3, -0.25) is 9.79 Å². The number of rotatable bonds is 4. The normalized spacial score (nSPS) is 18.2. The predicted octanol–water partition coefficient (Wildman–Crippen LogP) is 0.840. The van der Waals surface area contributed by atoms with Crippen LogP contribution in [0.5, 0.6) is 0 Å². The number of pyridine rings is 1.